The maximum absolute atomic E-state index is 6.37. The third-order valence-electron chi connectivity index (χ3n) is 6.27. The molecule has 1 atom stereocenters. The number of nitrogens with zero attached hydrogens (tertiary/aromatic N) is 4. The Kier molecular flexibility index (Phi) is 3.84. The third-order valence-corrected chi connectivity index (χ3v) is 6.27. The van der Waals surface area contributed by atoms with E-state index in [-0.39, 0.29) is 5.92 Å². The van der Waals surface area contributed by atoms with Gasteiger partial charge in [-0.05, 0) is 22.4 Å². The average Bonchev–Trinajstić information content (AvgIpc) is 3.33. The predicted molar refractivity (Wildman–Crippen MR) is 128 cm³/mol. The molecule has 0 saturated carbocycles. The van der Waals surface area contributed by atoms with Crippen molar-refractivity contribution in [1.82, 2.24) is 19.6 Å². The summed E-state index contributed by atoms with van der Waals surface area (Å²) < 4.78 is 8.13. The van der Waals surface area contributed by atoms with Crippen LogP contribution in [0.3, 0.4) is 0 Å². The Morgan fingerprint density at radius 3 is 2.33 bits per heavy atom. The van der Waals surface area contributed by atoms with Gasteiger partial charge in [0.15, 0.2) is 11.5 Å². The molecule has 5 heteroatoms. The van der Waals surface area contributed by atoms with Gasteiger partial charge in [-0.25, -0.2) is 14.5 Å². The smallest absolute Gasteiger partial charge is 0.228 e. The van der Waals surface area contributed by atoms with Crippen LogP contribution in [0.1, 0.15) is 22.6 Å². The quantitative estimate of drug-likeness (QED) is 0.329. The summed E-state index contributed by atoms with van der Waals surface area (Å²) in [6, 6.07) is 33.1. The van der Waals surface area contributed by atoms with E-state index in [0.29, 0.717) is 11.7 Å². The lowest BCUT2D eigenvalue weighted by atomic mass is 9.81. The lowest BCUT2D eigenvalue weighted by Gasteiger charge is -2.29. The minimum Gasteiger partial charge on any atom is -0.438 e. The van der Waals surface area contributed by atoms with Crippen molar-refractivity contribution in [2.45, 2.75) is 5.92 Å². The predicted octanol–water partition coefficient (Wildman–Crippen LogP) is 6.23. The van der Waals surface area contributed by atoms with Gasteiger partial charge in [0.1, 0.15) is 12.1 Å². The minimum absolute atomic E-state index is 0.0833. The summed E-state index contributed by atoms with van der Waals surface area (Å²) in [5.41, 5.74) is 4.95. The highest BCUT2D eigenvalue weighted by Crippen LogP contribution is 2.50. The van der Waals surface area contributed by atoms with Crippen LogP contribution in [-0.2, 0) is 0 Å². The van der Waals surface area contributed by atoms with Gasteiger partial charge in [0, 0.05) is 17.0 Å². The summed E-state index contributed by atoms with van der Waals surface area (Å²) in [5, 5.41) is 7.07. The molecule has 0 N–H and O–H groups in total. The Morgan fingerprint density at radius 2 is 1.48 bits per heavy atom. The molecule has 4 aromatic carbocycles. The molecular weight excluding hydrogens is 408 g/mol. The lowest BCUT2D eigenvalue weighted by Crippen LogP contribution is -2.15. The topological polar surface area (TPSA) is 52.3 Å². The fourth-order valence-corrected chi connectivity index (χ4v) is 4.79. The van der Waals surface area contributed by atoms with Crippen LogP contribution in [0.25, 0.3) is 27.8 Å². The molecule has 0 unspecified atom stereocenters. The van der Waals surface area contributed by atoms with Crippen LogP contribution in [0, 0.1) is 0 Å². The van der Waals surface area contributed by atoms with Gasteiger partial charge >= 0.3 is 0 Å². The van der Waals surface area contributed by atoms with Crippen molar-refractivity contribution in [3.8, 4) is 23.0 Å². The van der Waals surface area contributed by atoms with E-state index in [1.165, 1.54) is 16.3 Å². The molecule has 156 valence electrons. The summed E-state index contributed by atoms with van der Waals surface area (Å²) in [5.74, 6) is 1.99. The number of hydrogen-bond acceptors (Lipinski definition) is 4. The molecule has 3 heterocycles. The summed E-state index contributed by atoms with van der Waals surface area (Å²) >= 11 is 0. The molecule has 0 radical (unpaired) electrons. The van der Waals surface area contributed by atoms with Crippen molar-refractivity contribution >= 4 is 16.4 Å². The van der Waals surface area contributed by atoms with E-state index >= 15 is 0 Å². The summed E-state index contributed by atoms with van der Waals surface area (Å²) in [4.78, 5) is 9.60. The second kappa shape index (κ2) is 7.00. The van der Waals surface area contributed by atoms with E-state index in [0.717, 1.165) is 28.1 Å². The number of benzene rings is 4. The number of hydrogen-bond donors (Lipinski definition) is 0. The van der Waals surface area contributed by atoms with Crippen LogP contribution in [0.4, 0.5) is 0 Å². The van der Waals surface area contributed by atoms with Gasteiger partial charge in [0.05, 0.1) is 5.56 Å². The maximum atomic E-state index is 6.37. The highest BCUT2D eigenvalue weighted by atomic mass is 16.5. The molecule has 0 spiro atoms. The molecule has 0 aliphatic carbocycles. The molecule has 0 bridgehead atoms. The second-order valence-corrected chi connectivity index (χ2v) is 8.18. The van der Waals surface area contributed by atoms with Gasteiger partial charge in [0.2, 0.25) is 5.88 Å². The standard InChI is InChI=1S/C28H18N4O/c1-3-10-19(11-4-1)23-24-21-14-8-7-9-18(21)15-16-22(24)33-28-25(23)27-30-26(31-32(27)17-29-28)20-12-5-2-6-13-20/h1-17,23H/t23-/m1/s1. The first-order chi connectivity index (χ1) is 16.4. The summed E-state index contributed by atoms with van der Waals surface area (Å²) in [6.07, 6.45) is 1.68. The largest absolute Gasteiger partial charge is 0.438 e. The normalized spacial score (nSPS) is 14.6. The zero-order chi connectivity index (χ0) is 21.8. The molecular formula is C28H18N4O. The monoisotopic (exact) mass is 426 g/mol. The molecule has 0 fully saturated rings. The molecule has 5 nitrogen and oxygen atoms in total. The van der Waals surface area contributed by atoms with Gasteiger partial charge in [-0.3, -0.25) is 0 Å². The Morgan fingerprint density at radius 1 is 0.727 bits per heavy atom. The zero-order valence-electron chi connectivity index (χ0n) is 17.6. The molecule has 33 heavy (non-hydrogen) atoms. The van der Waals surface area contributed by atoms with E-state index in [1.807, 2.05) is 42.5 Å². The van der Waals surface area contributed by atoms with Crippen molar-refractivity contribution in [1.29, 1.82) is 0 Å². The summed E-state index contributed by atoms with van der Waals surface area (Å²) in [7, 11) is 0. The van der Waals surface area contributed by atoms with Crippen LogP contribution < -0.4 is 4.74 Å². The molecule has 1 aliphatic heterocycles. The van der Waals surface area contributed by atoms with Crippen molar-refractivity contribution in [2.75, 3.05) is 0 Å². The first kappa shape index (κ1) is 18.1. The van der Waals surface area contributed by atoms with Crippen molar-refractivity contribution < 1.29 is 4.74 Å². The fourth-order valence-electron chi connectivity index (χ4n) is 4.79. The van der Waals surface area contributed by atoms with Crippen molar-refractivity contribution in [2.24, 2.45) is 0 Å². The van der Waals surface area contributed by atoms with Crippen LogP contribution >= 0.6 is 0 Å². The number of fused-ring (bicyclic) bond motifs is 6. The Bertz CT molecular complexity index is 1640. The minimum atomic E-state index is -0.0833. The first-order valence-corrected chi connectivity index (χ1v) is 10.9. The van der Waals surface area contributed by atoms with Gasteiger partial charge < -0.3 is 4.74 Å². The van der Waals surface area contributed by atoms with Gasteiger partial charge in [-0.1, -0.05) is 91.0 Å². The fraction of sp³-hybridized carbons (Fsp3) is 0.0357. The Labute approximate surface area is 190 Å². The van der Waals surface area contributed by atoms with E-state index in [9.17, 15) is 0 Å². The first-order valence-electron chi connectivity index (χ1n) is 10.9. The van der Waals surface area contributed by atoms with Crippen LogP contribution in [0.5, 0.6) is 11.6 Å². The molecule has 6 aromatic rings. The SMILES string of the molecule is c1ccc(-c2nc3c4c(ncn3n2)Oc2ccc3ccccc3c2[C@H]4c2ccccc2)cc1. The number of aromatic nitrogens is 4. The van der Waals surface area contributed by atoms with E-state index in [2.05, 4.69) is 59.6 Å². The third kappa shape index (κ3) is 2.76. The molecule has 7 rings (SSSR count). The average molecular weight is 426 g/mol. The van der Waals surface area contributed by atoms with E-state index in [1.54, 1.807) is 10.8 Å². The maximum Gasteiger partial charge on any atom is 0.228 e. The molecule has 1 aliphatic rings. The summed E-state index contributed by atoms with van der Waals surface area (Å²) in [6.45, 7) is 0. The van der Waals surface area contributed by atoms with E-state index < -0.39 is 0 Å². The lowest BCUT2D eigenvalue weighted by molar-refractivity contribution is 0.433. The Balaban J connectivity index is 1.55. The highest BCUT2D eigenvalue weighted by Gasteiger charge is 2.34. The van der Waals surface area contributed by atoms with Crippen LogP contribution in [0.2, 0.25) is 0 Å². The molecule has 0 amide bonds. The Hall–Kier alpha value is -4.51. The highest BCUT2D eigenvalue weighted by molar-refractivity contribution is 5.90. The van der Waals surface area contributed by atoms with Crippen molar-refractivity contribution in [3.05, 3.63) is 120 Å². The van der Waals surface area contributed by atoms with Crippen LogP contribution in [0.15, 0.2) is 103 Å². The van der Waals surface area contributed by atoms with Crippen molar-refractivity contribution in [3.63, 3.8) is 0 Å². The van der Waals surface area contributed by atoms with Crippen LogP contribution in [-0.4, -0.2) is 19.6 Å². The number of rotatable bonds is 2. The molecule has 0 saturated heterocycles. The second-order valence-electron chi connectivity index (χ2n) is 8.18. The number of ether oxygens (including phenoxy) is 1. The van der Waals surface area contributed by atoms with Gasteiger partial charge in [-0.2, -0.15) is 0 Å². The molecule has 2 aromatic heterocycles. The van der Waals surface area contributed by atoms with E-state index in [4.69, 9.17) is 14.8 Å². The van der Waals surface area contributed by atoms with Gasteiger partial charge in [0.25, 0.3) is 0 Å². The van der Waals surface area contributed by atoms with Gasteiger partial charge in [-0.15, -0.1) is 5.10 Å². The zero-order valence-corrected chi connectivity index (χ0v) is 17.6.